The van der Waals surface area contributed by atoms with E-state index >= 15 is 0 Å². The molecule has 1 saturated heterocycles. The number of halogens is 1. The van der Waals surface area contributed by atoms with Crippen LogP contribution >= 0.6 is 11.6 Å². The van der Waals surface area contributed by atoms with E-state index in [1.807, 2.05) is 30.3 Å². The Morgan fingerprint density at radius 1 is 1.33 bits per heavy atom. The molecule has 5 nitrogen and oxygen atoms in total. The van der Waals surface area contributed by atoms with Gasteiger partial charge in [0.2, 0.25) is 0 Å². The zero-order valence-electron chi connectivity index (χ0n) is 11.7. The van der Waals surface area contributed by atoms with Crippen molar-refractivity contribution < 1.29 is 19.1 Å². The highest BCUT2D eigenvalue weighted by atomic mass is 35.5. The molecule has 1 aromatic rings. The van der Waals surface area contributed by atoms with Gasteiger partial charge in [-0.15, -0.1) is 11.6 Å². The topological polar surface area (TPSA) is 55.8 Å². The summed E-state index contributed by atoms with van der Waals surface area (Å²) in [6, 6.07) is 9.16. The second kappa shape index (κ2) is 8.00. The lowest BCUT2D eigenvalue weighted by Gasteiger charge is -2.34. The van der Waals surface area contributed by atoms with Crippen LogP contribution in [0.3, 0.4) is 0 Å². The molecule has 1 aromatic carbocycles. The maximum atomic E-state index is 12.2. The summed E-state index contributed by atoms with van der Waals surface area (Å²) in [4.78, 5) is 25.2. The van der Waals surface area contributed by atoms with Crippen LogP contribution < -0.4 is 0 Å². The highest BCUT2D eigenvalue weighted by Gasteiger charge is 2.29. The Bertz CT molecular complexity index is 480. The van der Waals surface area contributed by atoms with Crippen LogP contribution in [0.1, 0.15) is 12.0 Å². The maximum Gasteiger partial charge on any atom is 0.410 e. The number of alkyl halides is 1. The minimum Gasteiger partial charge on any atom is -0.445 e. The number of hydrogen-bond acceptors (Lipinski definition) is 4. The van der Waals surface area contributed by atoms with Gasteiger partial charge in [-0.25, -0.2) is 4.79 Å². The minimum absolute atomic E-state index is 0.0522. The van der Waals surface area contributed by atoms with E-state index in [4.69, 9.17) is 21.1 Å². The Balaban J connectivity index is 1.90. The van der Waals surface area contributed by atoms with Crippen molar-refractivity contribution in [1.82, 2.24) is 4.90 Å². The smallest absolute Gasteiger partial charge is 0.410 e. The third kappa shape index (κ3) is 4.72. The van der Waals surface area contributed by atoms with Crippen LogP contribution in [-0.4, -0.2) is 48.5 Å². The molecule has 0 saturated carbocycles. The third-order valence-corrected chi connectivity index (χ3v) is 3.58. The number of hydrogen-bond donors (Lipinski definition) is 0. The first-order chi connectivity index (χ1) is 10.2. The van der Waals surface area contributed by atoms with Gasteiger partial charge in [0.05, 0.1) is 25.1 Å². The summed E-state index contributed by atoms with van der Waals surface area (Å²) in [6.45, 7) is 1.43. The molecular weight excluding hydrogens is 294 g/mol. The Morgan fingerprint density at radius 3 is 2.81 bits per heavy atom. The van der Waals surface area contributed by atoms with Gasteiger partial charge in [-0.1, -0.05) is 30.3 Å². The normalized spacial score (nSPS) is 18.3. The second-order valence-electron chi connectivity index (χ2n) is 4.84. The number of nitrogens with zero attached hydrogens (tertiary/aromatic N) is 1. The lowest BCUT2D eigenvalue weighted by molar-refractivity contribution is -0.119. The zero-order valence-corrected chi connectivity index (χ0v) is 12.4. The summed E-state index contributed by atoms with van der Waals surface area (Å²) in [5.74, 6) is -0.156. The monoisotopic (exact) mass is 311 g/mol. The Hall–Kier alpha value is -1.59. The van der Waals surface area contributed by atoms with E-state index in [0.717, 1.165) is 5.56 Å². The number of carbonyl (C=O) groups excluding carboxylic acids is 2. The molecule has 0 radical (unpaired) electrons. The molecule has 1 aliphatic heterocycles. The number of ketones is 1. The molecule has 1 heterocycles. The van der Waals surface area contributed by atoms with Gasteiger partial charge < -0.3 is 14.4 Å². The first-order valence-corrected chi connectivity index (χ1v) is 7.37. The van der Waals surface area contributed by atoms with Crippen LogP contribution in [0.4, 0.5) is 4.79 Å². The quantitative estimate of drug-likeness (QED) is 0.782. The van der Waals surface area contributed by atoms with E-state index < -0.39 is 6.09 Å². The van der Waals surface area contributed by atoms with Crippen LogP contribution in [0.5, 0.6) is 0 Å². The van der Waals surface area contributed by atoms with E-state index in [0.29, 0.717) is 19.8 Å². The van der Waals surface area contributed by atoms with E-state index in [-0.39, 0.29) is 30.7 Å². The van der Waals surface area contributed by atoms with Crippen molar-refractivity contribution in [2.75, 3.05) is 25.6 Å². The molecule has 1 aliphatic rings. The SMILES string of the molecule is O=C(CCl)CC1COCCN1C(=O)OCc1ccccc1. The molecule has 21 heavy (non-hydrogen) atoms. The van der Waals surface area contributed by atoms with Crippen LogP contribution in [-0.2, 0) is 20.9 Å². The average molecular weight is 312 g/mol. The Morgan fingerprint density at radius 2 is 2.10 bits per heavy atom. The van der Waals surface area contributed by atoms with Crippen molar-refractivity contribution in [1.29, 1.82) is 0 Å². The second-order valence-corrected chi connectivity index (χ2v) is 5.11. The van der Waals surface area contributed by atoms with Crippen molar-refractivity contribution in [2.24, 2.45) is 0 Å². The Labute approximate surface area is 128 Å². The molecule has 0 aliphatic carbocycles. The van der Waals surface area contributed by atoms with Gasteiger partial charge in [0.15, 0.2) is 0 Å². The molecule has 1 unspecified atom stereocenters. The minimum atomic E-state index is -0.422. The largest absolute Gasteiger partial charge is 0.445 e. The van der Waals surface area contributed by atoms with Crippen LogP contribution in [0.15, 0.2) is 30.3 Å². The molecule has 6 heteroatoms. The summed E-state index contributed by atoms with van der Waals surface area (Å²) >= 11 is 5.51. The summed E-state index contributed by atoms with van der Waals surface area (Å²) in [6.07, 6.45) is -0.223. The first-order valence-electron chi connectivity index (χ1n) is 6.83. The maximum absolute atomic E-state index is 12.2. The van der Waals surface area contributed by atoms with Gasteiger partial charge in [-0.05, 0) is 5.56 Å². The Kier molecular flexibility index (Phi) is 6.02. The summed E-state index contributed by atoms with van der Waals surface area (Å²) in [7, 11) is 0. The fourth-order valence-corrected chi connectivity index (χ4v) is 2.29. The lowest BCUT2D eigenvalue weighted by Crippen LogP contribution is -2.49. The number of Topliss-reactive ketones (excluding diaryl/α,β-unsaturated/α-hetero) is 1. The molecular formula is C15H18ClNO4. The van der Waals surface area contributed by atoms with E-state index in [1.165, 1.54) is 0 Å². The van der Waals surface area contributed by atoms with Gasteiger partial charge in [-0.3, -0.25) is 4.79 Å². The summed E-state index contributed by atoms with van der Waals surface area (Å²) < 4.78 is 10.6. The first kappa shape index (κ1) is 15.8. The van der Waals surface area contributed by atoms with Gasteiger partial charge in [0.25, 0.3) is 0 Å². The number of morpholine rings is 1. The number of benzene rings is 1. The fraction of sp³-hybridized carbons (Fsp3) is 0.467. The lowest BCUT2D eigenvalue weighted by atomic mass is 10.1. The van der Waals surface area contributed by atoms with Crippen LogP contribution in [0.2, 0.25) is 0 Å². The number of rotatable bonds is 5. The number of ether oxygens (including phenoxy) is 2. The van der Waals surface area contributed by atoms with Crippen molar-refractivity contribution in [2.45, 2.75) is 19.1 Å². The van der Waals surface area contributed by atoms with Crippen molar-refractivity contribution in [3.63, 3.8) is 0 Å². The molecule has 0 spiro atoms. The highest BCUT2D eigenvalue weighted by Crippen LogP contribution is 2.14. The van der Waals surface area contributed by atoms with Crippen molar-refractivity contribution in [3.8, 4) is 0 Å². The van der Waals surface area contributed by atoms with Gasteiger partial charge in [-0.2, -0.15) is 0 Å². The molecule has 114 valence electrons. The average Bonchev–Trinajstić information content (AvgIpc) is 2.54. The van der Waals surface area contributed by atoms with E-state index in [2.05, 4.69) is 0 Å². The van der Waals surface area contributed by atoms with E-state index in [9.17, 15) is 9.59 Å². The summed E-state index contributed by atoms with van der Waals surface area (Å²) in [5, 5.41) is 0. The van der Waals surface area contributed by atoms with Crippen LogP contribution in [0, 0.1) is 0 Å². The standard InChI is InChI=1S/C15H18ClNO4/c16-9-14(18)8-13-11-20-7-6-17(13)15(19)21-10-12-4-2-1-3-5-12/h1-5,13H,6-11H2. The molecule has 1 fully saturated rings. The third-order valence-electron chi connectivity index (χ3n) is 3.28. The highest BCUT2D eigenvalue weighted by molar-refractivity contribution is 6.27. The zero-order chi connectivity index (χ0) is 15.1. The van der Waals surface area contributed by atoms with Crippen molar-refractivity contribution in [3.05, 3.63) is 35.9 Å². The number of amides is 1. The van der Waals surface area contributed by atoms with Crippen LogP contribution in [0.25, 0.3) is 0 Å². The molecule has 2 rings (SSSR count). The van der Waals surface area contributed by atoms with Crippen molar-refractivity contribution >= 4 is 23.5 Å². The van der Waals surface area contributed by atoms with Gasteiger partial charge in [0, 0.05) is 13.0 Å². The summed E-state index contributed by atoms with van der Waals surface area (Å²) in [5.41, 5.74) is 0.924. The molecule has 0 aromatic heterocycles. The molecule has 0 N–H and O–H groups in total. The van der Waals surface area contributed by atoms with Gasteiger partial charge >= 0.3 is 6.09 Å². The molecule has 1 amide bonds. The van der Waals surface area contributed by atoms with Gasteiger partial charge in [0.1, 0.15) is 12.4 Å². The van der Waals surface area contributed by atoms with E-state index in [1.54, 1.807) is 4.90 Å². The molecule has 0 bridgehead atoms. The predicted octanol–water partition coefficient (Wildman–Crippen LogP) is 2.22. The molecule has 1 atom stereocenters. The number of carbonyl (C=O) groups is 2. The predicted molar refractivity (Wildman–Crippen MR) is 78.3 cm³/mol. The fourth-order valence-electron chi connectivity index (χ4n) is 2.18.